The molecule has 2 aromatic rings. The van der Waals surface area contributed by atoms with Gasteiger partial charge in [-0.15, -0.1) is 0 Å². The second-order valence-electron chi connectivity index (χ2n) is 5.13. The number of halogens is 3. The van der Waals surface area contributed by atoms with E-state index in [0.717, 1.165) is 35.9 Å². The molecule has 5 nitrogen and oxygen atoms in total. The van der Waals surface area contributed by atoms with Crippen LogP contribution in [-0.2, 0) is 12.7 Å². The largest absolute Gasteiger partial charge is 0.416 e. The van der Waals surface area contributed by atoms with Crippen molar-refractivity contribution in [3.63, 3.8) is 0 Å². The number of rotatable bonds is 2. The van der Waals surface area contributed by atoms with Gasteiger partial charge in [0.05, 0.1) is 16.5 Å². The number of aromatic amines is 1. The lowest BCUT2D eigenvalue weighted by Crippen LogP contribution is -2.48. The van der Waals surface area contributed by atoms with Gasteiger partial charge in [0.1, 0.15) is 0 Å². The van der Waals surface area contributed by atoms with Gasteiger partial charge in [0, 0.05) is 25.6 Å². The number of H-pyrrole nitrogens is 1. The van der Waals surface area contributed by atoms with Crippen molar-refractivity contribution in [1.82, 2.24) is 14.9 Å². The molecule has 0 atom stereocenters. The van der Waals surface area contributed by atoms with Crippen LogP contribution in [0.4, 0.5) is 13.2 Å². The first kappa shape index (κ1) is 13.9. The van der Waals surface area contributed by atoms with E-state index in [-0.39, 0.29) is 23.4 Å². The Morgan fingerprint density at radius 3 is 2.52 bits per heavy atom. The summed E-state index contributed by atoms with van der Waals surface area (Å²) >= 11 is 0. The number of benzene rings is 1. The van der Waals surface area contributed by atoms with Crippen LogP contribution < -0.4 is 16.6 Å². The quantitative estimate of drug-likeness (QED) is 0.867. The fraction of sp³-hybridized carbons (Fsp3) is 0.385. The zero-order valence-electron chi connectivity index (χ0n) is 10.8. The molecule has 0 saturated carbocycles. The van der Waals surface area contributed by atoms with E-state index in [2.05, 4.69) is 10.3 Å². The Hall–Kier alpha value is -2.09. The molecule has 1 aromatic carbocycles. The molecule has 2 N–H and O–H groups in total. The summed E-state index contributed by atoms with van der Waals surface area (Å²) < 4.78 is 39.0. The van der Waals surface area contributed by atoms with Crippen LogP contribution >= 0.6 is 0 Å². The summed E-state index contributed by atoms with van der Waals surface area (Å²) in [5.41, 5.74) is -2.23. The third kappa shape index (κ3) is 2.46. The van der Waals surface area contributed by atoms with Crippen LogP contribution in [0.25, 0.3) is 10.9 Å². The standard InChI is InChI=1S/C13H12F3N3O2/c14-13(15,16)8-1-2-9-10(3-8)18-12(21)19(11(9)20)6-7-4-17-5-7/h1-3,7,17H,4-6H2,(H,18,21). The predicted octanol–water partition coefficient (Wildman–Crippen LogP) is 0.928. The highest BCUT2D eigenvalue weighted by Gasteiger charge is 2.31. The van der Waals surface area contributed by atoms with Crippen LogP contribution in [0, 0.1) is 5.92 Å². The van der Waals surface area contributed by atoms with Crippen LogP contribution in [-0.4, -0.2) is 22.6 Å². The molecule has 3 rings (SSSR count). The Labute approximate surface area is 116 Å². The van der Waals surface area contributed by atoms with Gasteiger partial charge < -0.3 is 10.3 Å². The van der Waals surface area contributed by atoms with Crippen molar-refractivity contribution in [3.8, 4) is 0 Å². The summed E-state index contributed by atoms with van der Waals surface area (Å²) in [5.74, 6) is 0.190. The highest BCUT2D eigenvalue weighted by Crippen LogP contribution is 2.30. The fourth-order valence-electron chi connectivity index (χ4n) is 2.33. The minimum atomic E-state index is -4.52. The number of fused-ring (bicyclic) bond motifs is 1. The molecular formula is C13H12F3N3O2. The number of aromatic nitrogens is 2. The van der Waals surface area contributed by atoms with Crippen LogP contribution in [0.15, 0.2) is 27.8 Å². The van der Waals surface area contributed by atoms with E-state index < -0.39 is 23.0 Å². The van der Waals surface area contributed by atoms with Crippen LogP contribution in [0.5, 0.6) is 0 Å². The maximum absolute atomic E-state index is 12.6. The van der Waals surface area contributed by atoms with E-state index >= 15 is 0 Å². The molecule has 0 amide bonds. The molecule has 112 valence electrons. The summed E-state index contributed by atoms with van der Waals surface area (Å²) in [6, 6.07) is 2.73. The van der Waals surface area contributed by atoms with E-state index in [9.17, 15) is 22.8 Å². The normalized spacial score (nSPS) is 16.1. The van der Waals surface area contributed by atoms with Crippen molar-refractivity contribution in [2.75, 3.05) is 13.1 Å². The SMILES string of the molecule is O=c1[nH]c2cc(C(F)(F)F)ccc2c(=O)n1CC1CNC1. The van der Waals surface area contributed by atoms with Gasteiger partial charge in [-0.2, -0.15) is 13.2 Å². The molecule has 8 heteroatoms. The van der Waals surface area contributed by atoms with Gasteiger partial charge in [0.15, 0.2) is 0 Å². The Morgan fingerprint density at radius 2 is 1.95 bits per heavy atom. The topological polar surface area (TPSA) is 66.9 Å². The van der Waals surface area contributed by atoms with E-state index in [0.29, 0.717) is 0 Å². The van der Waals surface area contributed by atoms with Crippen molar-refractivity contribution in [2.45, 2.75) is 12.7 Å². The molecule has 0 radical (unpaired) electrons. The number of hydrogen-bond donors (Lipinski definition) is 2. The number of hydrogen-bond acceptors (Lipinski definition) is 3. The third-order valence-electron chi connectivity index (χ3n) is 3.62. The second kappa shape index (κ2) is 4.73. The second-order valence-corrected chi connectivity index (χ2v) is 5.13. The van der Waals surface area contributed by atoms with E-state index in [1.54, 1.807) is 0 Å². The first-order valence-corrected chi connectivity index (χ1v) is 6.41. The molecule has 0 spiro atoms. The van der Waals surface area contributed by atoms with E-state index in [4.69, 9.17) is 0 Å². The van der Waals surface area contributed by atoms with E-state index in [1.165, 1.54) is 0 Å². The maximum atomic E-state index is 12.6. The minimum Gasteiger partial charge on any atom is -0.316 e. The summed E-state index contributed by atoms with van der Waals surface area (Å²) in [7, 11) is 0. The van der Waals surface area contributed by atoms with Gasteiger partial charge in [0.2, 0.25) is 0 Å². The lowest BCUT2D eigenvalue weighted by atomic mass is 10.0. The molecule has 2 heterocycles. The number of nitrogens with one attached hydrogen (secondary N) is 2. The Bertz CT molecular complexity index is 803. The zero-order chi connectivity index (χ0) is 15.2. The third-order valence-corrected chi connectivity index (χ3v) is 3.62. The average Bonchev–Trinajstić information content (AvgIpc) is 2.34. The number of alkyl halides is 3. The van der Waals surface area contributed by atoms with Crippen molar-refractivity contribution >= 4 is 10.9 Å². The summed E-state index contributed by atoms with van der Waals surface area (Å²) in [5, 5.41) is 3.11. The highest BCUT2D eigenvalue weighted by atomic mass is 19.4. The van der Waals surface area contributed by atoms with Crippen LogP contribution in [0.2, 0.25) is 0 Å². The molecule has 1 aromatic heterocycles. The predicted molar refractivity (Wildman–Crippen MR) is 70.2 cm³/mol. The molecule has 1 saturated heterocycles. The van der Waals surface area contributed by atoms with Gasteiger partial charge in [-0.3, -0.25) is 9.36 Å². The van der Waals surface area contributed by atoms with E-state index in [1.807, 2.05) is 0 Å². The summed E-state index contributed by atoms with van der Waals surface area (Å²) in [6.07, 6.45) is -4.52. The zero-order valence-corrected chi connectivity index (χ0v) is 10.8. The minimum absolute atomic E-state index is 0.0786. The smallest absolute Gasteiger partial charge is 0.316 e. The van der Waals surface area contributed by atoms with Gasteiger partial charge in [-0.1, -0.05) is 0 Å². The average molecular weight is 299 g/mol. The first-order valence-electron chi connectivity index (χ1n) is 6.41. The Kier molecular flexibility index (Phi) is 3.12. The summed E-state index contributed by atoms with van der Waals surface area (Å²) in [4.78, 5) is 26.5. The lowest BCUT2D eigenvalue weighted by molar-refractivity contribution is -0.137. The molecule has 1 aliphatic rings. The molecule has 1 aliphatic heterocycles. The molecule has 0 bridgehead atoms. The highest BCUT2D eigenvalue weighted by molar-refractivity contribution is 5.78. The maximum Gasteiger partial charge on any atom is 0.416 e. The van der Waals surface area contributed by atoms with Crippen molar-refractivity contribution in [3.05, 3.63) is 44.6 Å². The van der Waals surface area contributed by atoms with Crippen LogP contribution in [0.3, 0.4) is 0 Å². The number of nitrogens with zero attached hydrogens (tertiary/aromatic N) is 1. The first-order chi connectivity index (χ1) is 9.86. The van der Waals surface area contributed by atoms with Crippen LogP contribution in [0.1, 0.15) is 5.56 Å². The van der Waals surface area contributed by atoms with Crippen molar-refractivity contribution < 1.29 is 13.2 Å². The Morgan fingerprint density at radius 1 is 1.24 bits per heavy atom. The molecule has 0 unspecified atom stereocenters. The molecule has 21 heavy (non-hydrogen) atoms. The summed E-state index contributed by atoms with van der Waals surface area (Å²) in [6.45, 7) is 1.70. The molecular weight excluding hydrogens is 287 g/mol. The lowest BCUT2D eigenvalue weighted by Gasteiger charge is -2.27. The molecule has 0 aliphatic carbocycles. The van der Waals surface area contributed by atoms with Gasteiger partial charge in [-0.05, 0) is 18.2 Å². The van der Waals surface area contributed by atoms with Crippen molar-refractivity contribution in [2.24, 2.45) is 5.92 Å². The van der Waals surface area contributed by atoms with Gasteiger partial charge in [0.25, 0.3) is 5.56 Å². The Balaban J connectivity index is 2.13. The monoisotopic (exact) mass is 299 g/mol. The van der Waals surface area contributed by atoms with Gasteiger partial charge >= 0.3 is 11.9 Å². The van der Waals surface area contributed by atoms with Gasteiger partial charge in [-0.25, -0.2) is 4.79 Å². The molecule has 1 fully saturated rings. The fourth-order valence-corrected chi connectivity index (χ4v) is 2.33. The van der Waals surface area contributed by atoms with Crippen molar-refractivity contribution in [1.29, 1.82) is 0 Å².